The molecule has 4 heterocycles. The van der Waals surface area contributed by atoms with Crippen molar-refractivity contribution < 1.29 is 28.1 Å². The molecule has 8 nitrogen and oxygen atoms in total. The van der Waals surface area contributed by atoms with Gasteiger partial charge in [-0.05, 0) is 150 Å². The van der Waals surface area contributed by atoms with Gasteiger partial charge in [0.25, 0.3) is 0 Å². The van der Waals surface area contributed by atoms with E-state index in [0.29, 0.717) is 0 Å². The summed E-state index contributed by atoms with van der Waals surface area (Å²) in [5.41, 5.74) is 7.10. The van der Waals surface area contributed by atoms with E-state index in [1.807, 2.05) is 72.8 Å². The first-order chi connectivity index (χ1) is 27.7. The van der Waals surface area contributed by atoms with Gasteiger partial charge in [0, 0.05) is 11.4 Å². The minimum Gasteiger partial charge on any atom is -0.453 e. The summed E-state index contributed by atoms with van der Waals surface area (Å²) >= 11 is 0. The summed E-state index contributed by atoms with van der Waals surface area (Å²) in [4.78, 5) is 4.50. The third kappa shape index (κ3) is 5.76. The number of ether oxygens (including phenoxy) is 2. The normalized spacial score (nSPS) is 19.1. The number of hydrogen-bond donors (Lipinski definition) is 0. The van der Waals surface area contributed by atoms with E-state index in [1.165, 1.54) is 0 Å². The van der Waals surface area contributed by atoms with E-state index in [-0.39, 0.29) is 0 Å². The molecule has 0 aromatic heterocycles. The van der Waals surface area contributed by atoms with E-state index < -0.39 is 36.6 Å². The second kappa shape index (κ2) is 13.0. The van der Waals surface area contributed by atoms with Gasteiger partial charge in [0.15, 0.2) is 23.0 Å². The van der Waals surface area contributed by atoms with Crippen molar-refractivity contribution in [3.05, 3.63) is 133 Å². The van der Waals surface area contributed by atoms with Gasteiger partial charge in [0.05, 0.1) is 45.2 Å². The summed E-state index contributed by atoms with van der Waals surface area (Å²) in [6.45, 7) is 16.7. The Morgan fingerprint density at radius 2 is 0.638 bits per heavy atom. The van der Waals surface area contributed by atoms with Gasteiger partial charge in [-0.25, -0.2) is 0 Å². The van der Waals surface area contributed by atoms with E-state index >= 15 is 0 Å². The molecule has 0 amide bonds. The van der Waals surface area contributed by atoms with Crippen molar-refractivity contribution in [1.82, 2.24) is 0 Å². The summed E-state index contributed by atoms with van der Waals surface area (Å²) in [6.07, 6.45) is 0. The Hall–Kier alpha value is -5.51. The Morgan fingerprint density at radius 1 is 0.362 bits per heavy atom. The van der Waals surface area contributed by atoms with Crippen molar-refractivity contribution in [2.45, 2.75) is 77.8 Å². The molecule has 6 aromatic carbocycles. The molecule has 0 aliphatic carbocycles. The number of benzene rings is 6. The largest absolute Gasteiger partial charge is 0.495 e. The second-order valence-corrected chi connectivity index (χ2v) is 17.5. The Labute approximate surface area is 341 Å². The van der Waals surface area contributed by atoms with Crippen LogP contribution in [0.1, 0.15) is 55.4 Å². The Kier molecular flexibility index (Phi) is 8.25. The van der Waals surface area contributed by atoms with E-state index in [9.17, 15) is 0 Å². The lowest BCUT2D eigenvalue weighted by molar-refractivity contribution is 0.00578. The summed E-state index contributed by atoms with van der Waals surface area (Å²) < 4.78 is 40.3. The van der Waals surface area contributed by atoms with Gasteiger partial charge in [-0.15, -0.1) is 0 Å². The third-order valence-corrected chi connectivity index (χ3v) is 12.8. The van der Waals surface area contributed by atoms with Crippen LogP contribution < -0.4 is 30.2 Å². The van der Waals surface area contributed by atoms with Crippen LogP contribution in [0.4, 0.5) is 34.1 Å². The number of hydrogen-bond acceptors (Lipinski definition) is 8. The van der Waals surface area contributed by atoms with E-state index in [4.69, 9.17) is 28.1 Å². The number of nitrogens with zero attached hydrogens (tertiary/aromatic N) is 2. The van der Waals surface area contributed by atoms with E-state index in [2.05, 4.69) is 126 Å². The molecule has 58 heavy (non-hydrogen) atoms. The lowest BCUT2D eigenvalue weighted by atomic mass is 9.69. The molecular weight excluding hydrogens is 722 g/mol. The molecule has 0 unspecified atom stereocenters. The molecule has 2 fully saturated rings. The average Bonchev–Trinajstić information content (AvgIpc) is 3.57. The van der Waals surface area contributed by atoms with Gasteiger partial charge in [-0.2, -0.15) is 0 Å². The van der Waals surface area contributed by atoms with Crippen molar-refractivity contribution in [3.8, 4) is 34.1 Å². The van der Waals surface area contributed by atoms with Crippen molar-refractivity contribution in [2.75, 3.05) is 9.80 Å². The van der Waals surface area contributed by atoms with Crippen LogP contribution in [0.3, 0.4) is 0 Å². The van der Waals surface area contributed by atoms with Crippen molar-refractivity contribution in [3.63, 3.8) is 0 Å². The molecule has 10 rings (SSSR count). The molecule has 0 bridgehead atoms. The highest BCUT2D eigenvalue weighted by molar-refractivity contribution is 6.66. The Balaban J connectivity index is 1.19. The van der Waals surface area contributed by atoms with Crippen LogP contribution in [-0.4, -0.2) is 36.6 Å². The van der Waals surface area contributed by atoms with Crippen LogP contribution >= 0.6 is 0 Å². The maximum Gasteiger partial charge on any atom is 0.495 e. The highest BCUT2D eigenvalue weighted by Crippen LogP contribution is 2.52. The molecule has 10 heteroatoms. The van der Waals surface area contributed by atoms with Gasteiger partial charge in [0.2, 0.25) is 0 Å². The first-order valence-electron chi connectivity index (χ1n) is 20.0. The van der Waals surface area contributed by atoms with E-state index in [0.717, 1.165) is 79.2 Å². The van der Waals surface area contributed by atoms with Gasteiger partial charge >= 0.3 is 14.2 Å². The first-order valence-corrected chi connectivity index (χ1v) is 20.0. The molecule has 4 aliphatic heterocycles. The van der Waals surface area contributed by atoms with Gasteiger partial charge in [0.1, 0.15) is 0 Å². The Morgan fingerprint density at radius 3 is 0.931 bits per heavy atom. The SMILES string of the molecule is CC1(C)OB(c2cc(N3c4ccccc4Oc4ccccc43)ccc2-c2ccc(N3c4ccccc4Oc4ccccc43)cc2B2OC(C)(C)C(C)(C)O2)OC1(C)C. The molecule has 4 aliphatic rings. The fourth-order valence-corrected chi connectivity index (χ4v) is 8.16. The maximum absolute atomic E-state index is 6.87. The smallest absolute Gasteiger partial charge is 0.453 e. The topological polar surface area (TPSA) is 61.9 Å². The molecule has 0 atom stereocenters. The molecule has 0 spiro atoms. The molecule has 0 saturated carbocycles. The van der Waals surface area contributed by atoms with Crippen LogP contribution in [0.25, 0.3) is 11.1 Å². The molecule has 6 aromatic rings. The summed E-state index contributed by atoms with van der Waals surface area (Å²) in [7, 11) is -1.34. The highest BCUT2D eigenvalue weighted by Gasteiger charge is 2.54. The molecule has 0 radical (unpaired) electrons. The Bertz CT molecular complexity index is 2300. The van der Waals surface area contributed by atoms with Crippen molar-refractivity contribution in [2.24, 2.45) is 0 Å². The molecule has 0 N–H and O–H groups in total. The summed E-state index contributed by atoms with van der Waals surface area (Å²) in [5, 5.41) is 0. The monoisotopic (exact) mass is 768 g/mol. The maximum atomic E-state index is 6.87. The minimum absolute atomic E-state index is 0.571. The number of rotatable bonds is 5. The van der Waals surface area contributed by atoms with Crippen LogP contribution in [0.5, 0.6) is 23.0 Å². The van der Waals surface area contributed by atoms with Crippen molar-refractivity contribution in [1.29, 1.82) is 0 Å². The third-order valence-electron chi connectivity index (χ3n) is 12.8. The molecular formula is C48H46B2N2O6. The highest BCUT2D eigenvalue weighted by atomic mass is 16.7. The van der Waals surface area contributed by atoms with Gasteiger partial charge in [-0.1, -0.05) is 60.7 Å². The number of anilines is 6. The van der Waals surface area contributed by atoms with Gasteiger partial charge in [-0.3, -0.25) is 0 Å². The predicted molar refractivity (Wildman–Crippen MR) is 233 cm³/mol. The first kappa shape index (κ1) is 36.8. The van der Waals surface area contributed by atoms with Gasteiger partial charge < -0.3 is 37.9 Å². The lowest BCUT2D eigenvalue weighted by Gasteiger charge is -2.34. The molecule has 2 saturated heterocycles. The standard InChI is InChI=1S/C48H46B2N2O6/c1-45(2)46(3,4)56-49(55-45)35-29-31(51-37-17-9-13-21-41(37)53-42-22-14-10-18-38(42)51)25-27-33(35)34-28-26-32(30-36(34)50-57-47(5,6)48(7,8)58-50)52-39-19-11-15-23-43(39)54-44-24-16-12-20-40(44)52/h9-30H,1-8H3. The van der Waals surface area contributed by atoms with Crippen LogP contribution in [-0.2, 0) is 18.6 Å². The zero-order chi connectivity index (χ0) is 40.2. The van der Waals surface area contributed by atoms with E-state index in [1.54, 1.807) is 0 Å². The number of para-hydroxylation sites is 8. The zero-order valence-electron chi connectivity index (χ0n) is 34.2. The quantitative estimate of drug-likeness (QED) is 0.160. The van der Waals surface area contributed by atoms with Crippen molar-refractivity contribution >= 4 is 59.3 Å². The lowest BCUT2D eigenvalue weighted by Crippen LogP contribution is -2.41. The zero-order valence-corrected chi connectivity index (χ0v) is 34.2. The van der Waals surface area contributed by atoms with Crippen LogP contribution in [0.2, 0.25) is 0 Å². The van der Waals surface area contributed by atoms with Crippen LogP contribution in [0.15, 0.2) is 133 Å². The van der Waals surface area contributed by atoms with Crippen LogP contribution in [0, 0.1) is 0 Å². The average molecular weight is 769 g/mol. The fraction of sp³-hybridized carbons (Fsp3) is 0.250. The number of fused-ring (bicyclic) bond motifs is 4. The molecule has 290 valence electrons. The second-order valence-electron chi connectivity index (χ2n) is 17.5. The fourth-order valence-electron chi connectivity index (χ4n) is 8.16. The predicted octanol–water partition coefficient (Wildman–Crippen LogP) is 11.1. The minimum atomic E-state index is -0.671. The summed E-state index contributed by atoms with van der Waals surface area (Å²) in [6, 6.07) is 45.6. The summed E-state index contributed by atoms with van der Waals surface area (Å²) in [5.74, 6) is 3.14.